The number of carbonyl (C=O) groups is 1. The number of allylic oxidation sites excluding steroid dienone is 1. The van der Waals surface area contributed by atoms with Crippen LogP contribution in [0.2, 0.25) is 0 Å². The summed E-state index contributed by atoms with van der Waals surface area (Å²) in [6, 6.07) is 15.4. The number of hydrogen-bond donors (Lipinski definition) is 1. The van der Waals surface area contributed by atoms with E-state index in [9.17, 15) is 14.9 Å². The standard InChI is InChI=1S/C17H15N3O3/c1-13(11-12-14-7-3-2-4-8-14)18-19-17(21)15-9-5-6-10-16(15)20(22)23/h2-12H,1H3,(H,19,21)/b12-11+,18-13-. The maximum Gasteiger partial charge on any atom is 0.282 e. The van der Waals surface area contributed by atoms with E-state index in [4.69, 9.17) is 0 Å². The molecule has 0 fully saturated rings. The summed E-state index contributed by atoms with van der Waals surface area (Å²) in [5, 5.41) is 14.8. The SMILES string of the molecule is CC(/C=C/c1ccccc1)=N/NC(=O)c1ccccc1[N+](=O)[O-]. The van der Waals surface area contributed by atoms with Gasteiger partial charge in [0.15, 0.2) is 0 Å². The third-order valence-corrected chi connectivity index (χ3v) is 3.00. The van der Waals surface area contributed by atoms with Crippen molar-refractivity contribution in [2.75, 3.05) is 0 Å². The van der Waals surface area contributed by atoms with E-state index in [1.165, 1.54) is 18.2 Å². The lowest BCUT2D eigenvalue weighted by atomic mass is 10.2. The zero-order valence-corrected chi connectivity index (χ0v) is 12.5. The van der Waals surface area contributed by atoms with Gasteiger partial charge in [0.1, 0.15) is 5.56 Å². The van der Waals surface area contributed by atoms with Gasteiger partial charge < -0.3 is 0 Å². The van der Waals surface area contributed by atoms with E-state index < -0.39 is 10.8 Å². The number of para-hydroxylation sites is 1. The molecule has 0 heterocycles. The molecule has 2 aromatic carbocycles. The predicted octanol–water partition coefficient (Wildman–Crippen LogP) is 3.41. The quantitative estimate of drug-likeness (QED) is 0.522. The first kappa shape index (κ1) is 16.1. The fourth-order valence-corrected chi connectivity index (χ4v) is 1.84. The number of nitro groups is 1. The summed E-state index contributed by atoms with van der Waals surface area (Å²) in [7, 11) is 0. The Morgan fingerprint density at radius 3 is 2.48 bits per heavy atom. The Balaban J connectivity index is 2.06. The van der Waals surface area contributed by atoms with E-state index in [0.29, 0.717) is 5.71 Å². The van der Waals surface area contributed by atoms with E-state index in [0.717, 1.165) is 5.56 Å². The smallest absolute Gasteiger partial charge is 0.267 e. The number of nitrogens with zero attached hydrogens (tertiary/aromatic N) is 2. The molecule has 0 aliphatic heterocycles. The monoisotopic (exact) mass is 309 g/mol. The highest BCUT2D eigenvalue weighted by Gasteiger charge is 2.18. The van der Waals surface area contributed by atoms with Crippen molar-refractivity contribution in [1.29, 1.82) is 0 Å². The summed E-state index contributed by atoms with van der Waals surface area (Å²) in [6.45, 7) is 1.72. The minimum Gasteiger partial charge on any atom is -0.267 e. The molecule has 0 saturated carbocycles. The van der Waals surface area contributed by atoms with E-state index in [1.807, 2.05) is 36.4 Å². The zero-order valence-electron chi connectivity index (χ0n) is 12.5. The Kier molecular flexibility index (Phi) is 5.35. The maximum absolute atomic E-state index is 12.0. The first-order valence-corrected chi connectivity index (χ1v) is 6.89. The van der Waals surface area contributed by atoms with Gasteiger partial charge in [-0.15, -0.1) is 0 Å². The van der Waals surface area contributed by atoms with Gasteiger partial charge in [0.25, 0.3) is 11.6 Å². The molecule has 1 amide bonds. The maximum atomic E-state index is 12.0. The highest BCUT2D eigenvalue weighted by atomic mass is 16.6. The normalized spacial score (nSPS) is 11.4. The molecule has 2 aromatic rings. The van der Waals surface area contributed by atoms with Gasteiger partial charge in [-0.05, 0) is 24.6 Å². The summed E-state index contributed by atoms with van der Waals surface area (Å²) in [6.07, 6.45) is 3.60. The van der Waals surface area contributed by atoms with Crippen LogP contribution in [0.25, 0.3) is 6.08 Å². The van der Waals surface area contributed by atoms with E-state index in [2.05, 4.69) is 10.5 Å². The molecule has 2 rings (SSSR count). The van der Waals surface area contributed by atoms with Crippen molar-refractivity contribution >= 4 is 23.4 Å². The van der Waals surface area contributed by atoms with Crippen LogP contribution in [0.1, 0.15) is 22.8 Å². The summed E-state index contributed by atoms with van der Waals surface area (Å²) in [4.78, 5) is 22.3. The summed E-state index contributed by atoms with van der Waals surface area (Å²) < 4.78 is 0. The molecule has 0 atom stereocenters. The van der Waals surface area contributed by atoms with Crippen molar-refractivity contribution in [2.45, 2.75) is 6.92 Å². The number of hydrazone groups is 1. The summed E-state index contributed by atoms with van der Waals surface area (Å²) in [5.74, 6) is -0.621. The van der Waals surface area contributed by atoms with Gasteiger partial charge >= 0.3 is 0 Å². The molecule has 23 heavy (non-hydrogen) atoms. The topological polar surface area (TPSA) is 84.6 Å². The van der Waals surface area contributed by atoms with Crippen LogP contribution in [0, 0.1) is 10.1 Å². The molecule has 116 valence electrons. The molecule has 1 N–H and O–H groups in total. The van der Waals surface area contributed by atoms with Crippen LogP contribution in [-0.2, 0) is 0 Å². The second kappa shape index (κ2) is 7.65. The molecule has 0 radical (unpaired) electrons. The van der Waals surface area contributed by atoms with Crippen molar-refractivity contribution in [1.82, 2.24) is 5.43 Å². The number of benzene rings is 2. The highest BCUT2D eigenvalue weighted by Crippen LogP contribution is 2.17. The second-order valence-corrected chi connectivity index (χ2v) is 4.71. The van der Waals surface area contributed by atoms with Crippen LogP contribution in [0.4, 0.5) is 5.69 Å². The Morgan fingerprint density at radius 2 is 1.78 bits per heavy atom. The van der Waals surface area contributed by atoms with Gasteiger partial charge in [0.05, 0.1) is 10.6 Å². The van der Waals surface area contributed by atoms with Crippen molar-refractivity contribution in [2.24, 2.45) is 5.10 Å². The van der Waals surface area contributed by atoms with Gasteiger partial charge in [-0.25, -0.2) is 5.43 Å². The molecular weight excluding hydrogens is 294 g/mol. The first-order valence-electron chi connectivity index (χ1n) is 6.89. The second-order valence-electron chi connectivity index (χ2n) is 4.71. The van der Waals surface area contributed by atoms with Gasteiger partial charge in [0, 0.05) is 6.07 Å². The molecule has 0 aromatic heterocycles. The Morgan fingerprint density at radius 1 is 1.13 bits per heavy atom. The largest absolute Gasteiger partial charge is 0.282 e. The lowest BCUT2D eigenvalue weighted by molar-refractivity contribution is -0.385. The Bertz CT molecular complexity index is 768. The molecule has 0 unspecified atom stereocenters. The van der Waals surface area contributed by atoms with Crippen molar-refractivity contribution < 1.29 is 9.72 Å². The number of carbonyl (C=O) groups excluding carboxylic acids is 1. The molecule has 0 saturated heterocycles. The van der Waals surface area contributed by atoms with Crippen molar-refractivity contribution in [3.8, 4) is 0 Å². The molecular formula is C17H15N3O3. The minimum atomic E-state index is -0.621. The number of hydrogen-bond acceptors (Lipinski definition) is 4. The van der Waals surface area contributed by atoms with Crippen LogP contribution in [0.5, 0.6) is 0 Å². The minimum absolute atomic E-state index is 0.0268. The van der Waals surface area contributed by atoms with Gasteiger partial charge in [-0.1, -0.05) is 48.5 Å². The number of amides is 1. The number of nitrogens with one attached hydrogen (secondary N) is 1. The van der Waals surface area contributed by atoms with E-state index >= 15 is 0 Å². The van der Waals surface area contributed by atoms with Crippen LogP contribution in [0.3, 0.4) is 0 Å². The molecule has 0 bridgehead atoms. The molecule has 6 heteroatoms. The lowest BCUT2D eigenvalue weighted by Gasteiger charge is -2.01. The predicted molar refractivity (Wildman–Crippen MR) is 89.1 cm³/mol. The van der Waals surface area contributed by atoms with Crippen LogP contribution in [-0.4, -0.2) is 16.5 Å². The molecule has 0 aliphatic rings. The Hall–Kier alpha value is -3.28. The molecule has 6 nitrogen and oxygen atoms in total. The van der Waals surface area contributed by atoms with E-state index in [1.54, 1.807) is 19.1 Å². The fraction of sp³-hybridized carbons (Fsp3) is 0.0588. The Labute approximate surface area is 133 Å². The fourth-order valence-electron chi connectivity index (χ4n) is 1.84. The van der Waals surface area contributed by atoms with Gasteiger partial charge in [-0.3, -0.25) is 14.9 Å². The number of rotatable bonds is 5. The molecule has 0 spiro atoms. The lowest BCUT2D eigenvalue weighted by Crippen LogP contribution is -2.19. The third-order valence-electron chi connectivity index (χ3n) is 3.00. The summed E-state index contributed by atoms with van der Waals surface area (Å²) in [5.41, 5.74) is 3.62. The zero-order chi connectivity index (χ0) is 16.7. The highest BCUT2D eigenvalue weighted by molar-refractivity contribution is 6.00. The van der Waals surface area contributed by atoms with Gasteiger partial charge in [-0.2, -0.15) is 5.10 Å². The van der Waals surface area contributed by atoms with Crippen molar-refractivity contribution in [3.05, 3.63) is 81.9 Å². The summed E-state index contributed by atoms with van der Waals surface area (Å²) >= 11 is 0. The molecule has 0 aliphatic carbocycles. The number of nitro benzene ring substituents is 1. The van der Waals surface area contributed by atoms with E-state index in [-0.39, 0.29) is 11.3 Å². The van der Waals surface area contributed by atoms with Crippen LogP contribution < -0.4 is 5.43 Å². The first-order chi connectivity index (χ1) is 11.1. The van der Waals surface area contributed by atoms with Crippen LogP contribution >= 0.6 is 0 Å². The third kappa shape index (κ3) is 4.60. The van der Waals surface area contributed by atoms with Crippen molar-refractivity contribution in [3.63, 3.8) is 0 Å². The average molecular weight is 309 g/mol. The van der Waals surface area contributed by atoms with Crippen LogP contribution in [0.15, 0.2) is 65.8 Å². The van der Waals surface area contributed by atoms with Gasteiger partial charge in [0.2, 0.25) is 0 Å². The average Bonchev–Trinajstić information content (AvgIpc) is 2.58.